The molecule has 0 aliphatic heterocycles. The zero-order valence-electron chi connectivity index (χ0n) is 20.3. The van der Waals surface area contributed by atoms with E-state index in [1.807, 2.05) is 0 Å². The fraction of sp³-hybridized carbons (Fsp3) is 0.960. The number of amides is 1. The third kappa shape index (κ3) is 8.70. The average Bonchev–Trinajstić information content (AvgIpc) is 2.65. The van der Waals surface area contributed by atoms with Crippen molar-refractivity contribution in [2.24, 2.45) is 5.92 Å². The Kier molecular flexibility index (Phi) is 10.7. The minimum absolute atomic E-state index is 0.00913. The maximum absolute atomic E-state index is 13.0. The second-order valence-electron chi connectivity index (χ2n) is 11.2. The van der Waals surface area contributed by atoms with Gasteiger partial charge in [-0.1, -0.05) is 108 Å². The molecule has 2 rings (SSSR count). The van der Waals surface area contributed by atoms with Crippen LogP contribution in [0.4, 0.5) is 0 Å². The van der Waals surface area contributed by atoms with Gasteiger partial charge in [0.2, 0.25) is 5.91 Å². The number of nitrogens with one attached hydrogen (secondary N) is 1. The van der Waals surface area contributed by atoms with Crippen LogP contribution < -0.4 is 5.32 Å². The van der Waals surface area contributed by atoms with Crippen molar-refractivity contribution in [2.75, 3.05) is 0 Å². The fourth-order valence-corrected chi connectivity index (χ4v) is 6.01. The Balaban J connectivity index is 1.81. The Morgan fingerprint density at radius 2 is 1.59 bits per heavy atom. The van der Waals surface area contributed by atoms with E-state index in [0.29, 0.717) is 11.1 Å². The molecule has 1 unspecified atom stereocenters. The lowest BCUT2D eigenvalue weighted by Crippen LogP contribution is -2.48. The first-order chi connectivity index (χ1) is 13.9. The van der Waals surface area contributed by atoms with Crippen molar-refractivity contribution in [2.45, 2.75) is 146 Å². The highest BCUT2D eigenvalue weighted by molar-refractivity contribution is 6.55. The van der Waals surface area contributed by atoms with E-state index in [4.69, 9.17) is 0 Å². The lowest BCUT2D eigenvalue weighted by molar-refractivity contribution is -0.127. The molecule has 1 N–H and O–H groups in total. The molecule has 2 saturated carbocycles. The summed E-state index contributed by atoms with van der Waals surface area (Å²) in [5.41, 5.74) is -0.00913. The molecule has 0 bridgehead atoms. The molecule has 0 saturated heterocycles. The fourth-order valence-electron chi connectivity index (χ4n) is 6.01. The van der Waals surface area contributed by atoms with Gasteiger partial charge in [0, 0.05) is 11.5 Å². The van der Waals surface area contributed by atoms with Gasteiger partial charge in [0.1, 0.15) is 7.28 Å². The highest BCUT2D eigenvalue weighted by atomic mass is 16.2. The van der Waals surface area contributed by atoms with Crippen LogP contribution in [0.15, 0.2) is 0 Å². The molecule has 0 aromatic rings. The van der Waals surface area contributed by atoms with Crippen molar-refractivity contribution >= 4 is 21.0 Å². The van der Waals surface area contributed by atoms with Gasteiger partial charge in [0.05, 0.1) is 7.85 Å². The number of hydrogen-bond donors (Lipinski definition) is 1. The Hall–Kier alpha value is -0.400. The van der Waals surface area contributed by atoms with Crippen molar-refractivity contribution in [3.8, 4) is 0 Å². The lowest BCUT2D eigenvalue weighted by atomic mass is 9.34. The molecule has 1 atom stereocenters. The van der Waals surface area contributed by atoms with Crippen molar-refractivity contribution in [3.05, 3.63) is 0 Å². The van der Waals surface area contributed by atoms with Crippen LogP contribution in [0.1, 0.15) is 130 Å². The molecule has 2 fully saturated rings. The van der Waals surface area contributed by atoms with E-state index < -0.39 is 0 Å². The average molecular weight is 401 g/mol. The molecule has 4 heteroatoms. The number of carbonyl (C=O) groups excluding carboxylic acids is 1. The smallest absolute Gasteiger partial charge is 0.223 e. The van der Waals surface area contributed by atoms with Gasteiger partial charge in [-0.2, -0.15) is 0 Å². The lowest BCUT2D eigenvalue weighted by Gasteiger charge is -2.36. The SMILES string of the molecule is BC1(BC2CCCC(C(=O)NC(C)(CC)CCCC)CCC2)CCCCCCC1. The summed E-state index contributed by atoms with van der Waals surface area (Å²) in [7, 11) is 4.02. The molecule has 0 spiro atoms. The monoisotopic (exact) mass is 401 g/mol. The van der Waals surface area contributed by atoms with Crippen LogP contribution in [0, 0.1) is 5.92 Å². The van der Waals surface area contributed by atoms with E-state index in [1.54, 1.807) is 0 Å². The van der Waals surface area contributed by atoms with Crippen molar-refractivity contribution in [1.29, 1.82) is 0 Å². The Labute approximate surface area is 183 Å². The zero-order valence-corrected chi connectivity index (χ0v) is 20.3. The predicted molar refractivity (Wildman–Crippen MR) is 132 cm³/mol. The summed E-state index contributed by atoms with van der Waals surface area (Å²) in [4.78, 5) is 13.0. The third-order valence-electron chi connectivity index (χ3n) is 8.33. The molecule has 0 aromatic heterocycles. The first-order valence-electron chi connectivity index (χ1n) is 13.2. The van der Waals surface area contributed by atoms with Crippen LogP contribution in [0.25, 0.3) is 0 Å². The molecule has 2 aliphatic carbocycles. The molecule has 2 nitrogen and oxygen atoms in total. The van der Waals surface area contributed by atoms with Crippen molar-refractivity contribution in [3.63, 3.8) is 0 Å². The highest BCUT2D eigenvalue weighted by Crippen LogP contribution is 2.42. The molecule has 29 heavy (non-hydrogen) atoms. The second kappa shape index (κ2) is 12.5. The molecule has 0 aromatic carbocycles. The number of rotatable bonds is 8. The summed E-state index contributed by atoms with van der Waals surface area (Å²) < 4.78 is 0. The summed E-state index contributed by atoms with van der Waals surface area (Å²) in [6.45, 7) is 6.70. The zero-order chi connectivity index (χ0) is 21.2. The summed E-state index contributed by atoms with van der Waals surface area (Å²) >= 11 is 0. The molecular weight excluding hydrogens is 352 g/mol. The van der Waals surface area contributed by atoms with E-state index in [2.05, 4.69) is 33.9 Å². The van der Waals surface area contributed by atoms with Gasteiger partial charge in [0.25, 0.3) is 0 Å². The Morgan fingerprint density at radius 3 is 2.14 bits per heavy atom. The number of carbonyl (C=O) groups is 1. The van der Waals surface area contributed by atoms with Gasteiger partial charge in [0.15, 0.2) is 0 Å². The van der Waals surface area contributed by atoms with Gasteiger partial charge in [-0.05, 0) is 32.6 Å². The maximum Gasteiger partial charge on any atom is 0.223 e. The minimum atomic E-state index is -0.00913. The van der Waals surface area contributed by atoms with Gasteiger partial charge >= 0.3 is 0 Å². The van der Waals surface area contributed by atoms with E-state index in [0.717, 1.165) is 31.5 Å². The first-order valence-corrected chi connectivity index (χ1v) is 13.2. The molecule has 0 heterocycles. The van der Waals surface area contributed by atoms with E-state index in [1.165, 1.54) is 90.8 Å². The van der Waals surface area contributed by atoms with Crippen LogP contribution >= 0.6 is 0 Å². The third-order valence-corrected chi connectivity index (χ3v) is 8.33. The molecule has 166 valence electrons. The Bertz CT molecular complexity index is 465. The summed E-state index contributed by atoms with van der Waals surface area (Å²) in [6, 6.07) is 0. The predicted octanol–water partition coefficient (Wildman–Crippen LogP) is 6.15. The van der Waals surface area contributed by atoms with Crippen LogP contribution in [0.3, 0.4) is 0 Å². The topological polar surface area (TPSA) is 29.1 Å². The van der Waals surface area contributed by atoms with Crippen LogP contribution in [0.2, 0.25) is 11.0 Å². The van der Waals surface area contributed by atoms with Crippen molar-refractivity contribution < 1.29 is 4.79 Å². The quantitative estimate of drug-likeness (QED) is 0.486. The molecular formula is C25H49B2NO. The standard InChI is InChI=1S/C25H49B2NO/c1-4-6-18-24(3,5-2)28-23(29)21-14-12-16-22(17-13-15-21)27-25(26)19-10-8-7-9-11-20-25/h21-22,27H,4-20,26H2,1-3H3,(H,28,29). The minimum Gasteiger partial charge on any atom is -0.351 e. The summed E-state index contributed by atoms with van der Waals surface area (Å²) in [6.07, 6.45) is 22.1. The molecule has 0 radical (unpaired) electrons. The van der Waals surface area contributed by atoms with E-state index in [-0.39, 0.29) is 11.5 Å². The highest BCUT2D eigenvalue weighted by Gasteiger charge is 2.32. The largest absolute Gasteiger partial charge is 0.351 e. The van der Waals surface area contributed by atoms with Gasteiger partial charge < -0.3 is 5.32 Å². The summed E-state index contributed by atoms with van der Waals surface area (Å²) in [5, 5.41) is 4.04. The maximum atomic E-state index is 13.0. The Morgan fingerprint density at radius 1 is 1.00 bits per heavy atom. The van der Waals surface area contributed by atoms with E-state index in [9.17, 15) is 4.79 Å². The van der Waals surface area contributed by atoms with Gasteiger partial charge in [-0.25, -0.2) is 0 Å². The first kappa shape index (κ1) is 24.9. The van der Waals surface area contributed by atoms with Gasteiger partial charge in [-0.15, -0.1) is 0 Å². The number of hydrogen-bond acceptors (Lipinski definition) is 1. The molecule has 1 amide bonds. The normalized spacial score (nSPS) is 28.1. The van der Waals surface area contributed by atoms with Crippen LogP contribution in [0.5, 0.6) is 0 Å². The number of unbranched alkanes of at least 4 members (excludes halogenated alkanes) is 1. The molecule has 2 aliphatic rings. The van der Waals surface area contributed by atoms with Gasteiger partial charge in [-0.3, -0.25) is 4.79 Å². The second-order valence-corrected chi connectivity index (χ2v) is 11.2. The van der Waals surface area contributed by atoms with Crippen LogP contribution in [-0.4, -0.2) is 26.6 Å². The summed E-state index contributed by atoms with van der Waals surface area (Å²) in [5.74, 6) is 1.49. The van der Waals surface area contributed by atoms with Crippen molar-refractivity contribution in [1.82, 2.24) is 5.32 Å². The van der Waals surface area contributed by atoms with E-state index >= 15 is 0 Å². The van der Waals surface area contributed by atoms with Crippen LogP contribution in [-0.2, 0) is 4.79 Å².